The number of piperidine rings is 1. The van der Waals surface area contributed by atoms with Gasteiger partial charge in [-0.15, -0.1) is 0 Å². The van der Waals surface area contributed by atoms with E-state index in [1.165, 1.54) is 19.3 Å². The summed E-state index contributed by atoms with van der Waals surface area (Å²) in [5, 5.41) is 6.87. The highest BCUT2D eigenvalue weighted by molar-refractivity contribution is 6.29. The minimum Gasteiger partial charge on any atom is -0.440 e. The molecule has 2 heterocycles. The van der Waals surface area contributed by atoms with Crippen LogP contribution < -0.4 is 10.6 Å². The first kappa shape index (κ1) is 12.1. The fourth-order valence-electron chi connectivity index (χ4n) is 2.96. The van der Waals surface area contributed by atoms with Crippen LogP contribution in [-0.4, -0.2) is 24.0 Å². The molecule has 4 nitrogen and oxygen atoms in total. The van der Waals surface area contributed by atoms with E-state index < -0.39 is 0 Å². The second-order valence-electron chi connectivity index (χ2n) is 5.33. The number of carbonyl (C=O) groups excluding carboxylic acids is 1. The van der Waals surface area contributed by atoms with Gasteiger partial charge in [-0.2, -0.15) is 0 Å². The molecule has 1 aromatic heterocycles. The highest BCUT2D eigenvalue weighted by Crippen LogP contribution is 2.38. The number of rotatable bonds is 2. The van der Waals surface area contributed by atoms with Gasteiger partial charge >= 0.3 is 0 Å². The summed E-state index contributed by atoms with van der Waals surface area (Å²) in [5.74, 6) is 0.129. The SMILES string of the molecule is O=C(NC1CCNC2(CCC2)C1)c1ccc(Cl)o1. The lowest BCUT2D eigenvalue weighted by Gasteiger charge is -2.48. The zero-order valence-electron chi connectivity index (χ0n) is 10.2. The van der Waals surface area contributed by atoms with Crippen molar-refractivity contribution in [2.24, 2.45) is 0 Å². The largest absolute Gasteiger partial charge is 0.440 e. The van der Waals surface area contributed by atoms with Gasteiger partial charge in [-0.05, 0) is 62.4 Å². The van der Waals surface area contributed by atoms with Crippen LogP contribution in [0.15, 0.2) is 16.5 Å². The van der Waals surface area contributed by atoms with Crippen LogP contribution in [0.1, 0.15) is 42.7 Å². The normalized spacial score (nSPS) is 25.7. The second kappa shape index (κ2) is 4.59. The molecule has 1 atom stereocenters. The molecule has 1 saturated carbocycles. The van der Waals surface area contributed by atoms with E-state index in [4.69, 9.17) is 16.0 Å². The monoisotopic (exact) mass is 268 g/mol. The van der Waals surface area contributed by atoms with E-state index in [0.29, 0.717) is 5.76 Å². The molecule has 1 amide bonds. The van der Waals surface area contributed by atoms with Crippen LogP contribution >= 0.6 is 11.6 Å². The highest BCUT2D eigenvalue weighted by Gasteiger charge is 2.41. The predicted molar refractivity (Wildman–Crippen MR) is 68.8 cm³/mol. The van der Waals surface area contributed by atoms with Crippen molar-refractivity contribution in [3.63, 3.8) is 0 Å². The fraction of sp³-hybridized carbons (Fsp3) is 0.615. The van der Waals surface area contributed by atoms with Crippen LogP contribution in [-0.2, 0) is 0 Å². The van der Waals surface area contributed by atoms with Crippen molar-refractivity contribution in [3.05, 3.63) is 23.1 Å². The predicted octanol–water partition coefficient (Wildman–Crippen LogP) is 2.34. The molecule has 2 fully saturated rings. The van der Waals surface area contributed by atoms with Gasteiger partial charge in [-0.3, -0.25) is 4.79 Å². The van der Waals surface area contributed by atoms with E-state index >= 15 is 0 Å². The van der Waals surface area contributed by atoms with E-state index in [2.05, 4.69) is 10.6 Å². The molecular weight excluding hydrogens is 252 g/mol. The lowest BCUT2D eigenvalue weighted by Crippen LogP contribution is -2.59. The van der Waals surface area contributed by atoms with E-state index in [9.17, 15) is 4.79 Å². The van der Waals surface area contributed by atoms with Gasteiger partial charge in [-0.1, -0.05) is 0 Å². The Morgan fingerprint density at radius 2 is 2.33 bits per heavy atom. The van der Waals surface area contributed by atoms with Crippen LogP contribution in [0.3, 0.4) is 0 Å². The average Bonchev–Trinajstić information content (AvgIpc) is 2.74. The Balaban J connectivity index is 1.60. The lowest BCUT2D eigenvalue weighted by molar-refractivity contribution is 0.0828. The highest BCUT2D eigenvalue weighted by atomic mass is 35.5. The fourth-order valence-corrected chi connectivity index (χ4v) is 3.10. The minimum atomic E-state index is -0.164. The van der Waals surface area contributed by atoms with Gasteiger partial charge in [0.05, 0.1) is 0 Å². The average molecular weight is 269 g/mol. The molecule has 1 saturated heterocycles. The summed E-state index contributed by atoms with van der Waals surface area (Å²) >= 11 is 5.67. The molecule has 5 heteroatoms. The van der Waals surface area contributed by atoms with Crippen LogP contribution in [0.25, 0.3) is 0 Å². The Morgan fingerprint density at radius 3 is 2.94 bits per heavy atom. The number of carbonyl (C=O) groups is 1. The van der Waals surface area contributed by atoms with Crippen molar-refractivity contribution in [1.29, 1.82) is 0 Å². The molecule has 3 rings (SSSR count). The first-order valence-electron chi connectivity index (χ1n) is 6.48. The molecule has 1 aliphatic carbocycles. The Labute approximate surface area is 111 Å². The van der Waals surface area contributed by atoms with E-state index in [1.54, 1.807) is 12.1 Å². The Bertz CT molecular complexity index is 454. The lowest BCUT2D eigenvalue weighted by atomic mass is 9.70. The molecule has 0 aromatic carbocycles. The van der Waals surface area contributed by atoms with Crippen molar-refractivity contribution in [3.8, 4) is 0 Å². The first-order valence-corrected chi connectivity index (χ1v) is 6.86. The Hall–Kier alpha value is -1.00. The van der Waals surface area contributed by atoms with Crippen LogP contribution in [0, 0.1) is 0 Å². The molecule has 18 heavy (non-hydrogen) atoms. The Morgan fingerprint density at radius 1 is 1.50 bits per heavy atom. The molecule has 98 valence electrons. The van der Waals surface area contributed by atoms with Crippen molar-refractivity contribution in [2.45, 2.75) is 43.7 Å². The molecule has 0 bridgehead atoms. The van der Waals surface area contributed by atoms with Gasteiger partial charge in [0.1, 0.15) is 0 Å². The van der Waals surface area contributed by atoms with Crippen molar-refractivity contribution >= 4 is 17.5 Å². The molecule has 1 unspecified atom stereocenters. The number of hydrogen-bond acceptors (Lipinski definition) is 3. The quantitative estimate of drug-likeness (QED) is 0.866. The van der Waals surface area contributed by atoms with Gasteiger partial charge < -0.3 is 15.1 Å². The molecule has 1 aromatic rings. The molecule has 1 aliphatic heterocycles. The summed E-state index contributed by atoms with van der Waals surface area (Å²) in [6, 6.07) is 3.44. The van der Waals surface area contributed by atoms with Crippen molar-refractivity contribution in [2.75, 3.05) is 6.54 Å². The third kappa shape index (κ3) is 2.27. The maximum absolute atomic E-state index is 12.0. The Kier molecular flexibility index (Phi) is 3.08. The number of hydrogen-bond donors (Lipinski definition) is 2. The minimum absolute atomic E-state index is 0.164. The standard InChI is InChI=1S/C13H17ClN2O2/c14-11-3-2-10(18-11)12(17)16-9-4-7-15-13(8-9)5-1-6-13/h2-3,9,15H,1,4-8H2,(H,16,17). The topological polar surface area (TPSA) is 54.3 Å². The smallest absolute Gasteiger partial charge is 0.287 e. The van der Waals surface area contributed by atoms with E-state index in [1.807, 2.05) is 0 Å². The van der Waals surface area contributed by atoms with Crippen LogP contribution in [0.2, 0.25) is 5.22 Å². The number of furan rings is 1. The summed E-state index contributed by atoms with van der Waals surface area (Å²) in [5.41, 5.74) is 0.289. The number of amides is 1. The van der Waals surface area contributed by atoms with E-state index in [-0.39, 0.29) is 22.7 Å². The zero-order valence-corrected chi connectivity index (χ0v) is 10.9. The zero-order chi connectivity index (χ0) is 12.6. The second-order valence-corrected chi connectivity index (χ2v) is 5.70. The van der Waals surface area contributed by atoms with Gasteiger partial charge in [0.2, 0.25) is 0 Å². The van der Waals surface area contributed by atoms with Gasteiger partial charge in [0, 0.05) is 11.6 Å². The van der Waals surface area contributed by atoms with Crippen molar-refractivity contribution < 1.29 is 9.21 Å². The van der Waals surface area contributed by atoms with Gasteiger partial charge in [0.15, 0.2) is 11.0 Å². The summed E-state index contributed by atoms with van der Waals surface area (Å²) in [4.78, 5) is 12.0. The summed E-state index contributed by atoms with van der Waals surface area (Å²) < 4.78 is 5.12. The third-order valence-electron chi connectivity index (χ3n) is 4.07. The maximum atomic E-state index is 12.0. The molecular formula is C13H17ClN2O2. The number of nitrogens with one attached hydrogen (secondary N) is 2. The van der Waals surface area contributed by atoms with Crippen LogP contribution in [0.5, 0.6) is 0 Å². The summed E-state index contributed by atoms with van der Waals surface area (Å²) in [7, 11) is 0. The summed E-state index contributed by atoms with van der Waals surface area (Å²) in [6.45, 7) is 0.976. The van der Waals surface area contributed by atoms with E-state index in [0.717, 1.165) is 19.4 Å². The van der Waals surface area contributed by atoms with Gasteiger partial charge in [0.25, 0.3) is 5.91 Å². The molecule has 2 aliphatic rings. The third-order valence-corrected chi connectivity index (χ3v) is 4.28. The number of halogens is 1. The summed E-state index contributed by atoms with van der Waals surface area (Å²) in [6.07, 6.45) is 5.74. The maximum Gasteiger partial charge on any atom is 0.287 e. The van der Waals surface area contributed by atoms with Crippen molar-refractivity contribution in [1.82, 2.24) is 10.6 Å². The molecule has 2 N–H and O–H groups in total. The van der Waals surface area contributed by atoms with Crippen LogP contribution in [0.4, 0.5) is 0 Å². The van der Waals surface area contributed by atoms with Gasteiger partial charge in [-0.25, -0.2) is 0 Å². The molecule has 1 spiro atoms. The molecule has 0 radical (unpaired) electrons. The first-order chi connectivity index (χ1) is 8.67.